The minimum absolute atomic E-state index is 0.0364. The molecule has 3 atom stereocenters. The lowest BCUT2D eigenvalue weighted by molar-refractivity contribution is -0.156. The number of cyclic esters (lactones) is 1. The van der Waals surface area contributed by atoms with E-state index in [0.29, 0.717) is 0 Å². The number of ether oxygens (including phenoxy) is 1. The summed E-state index contributed by atoms with van der Waals surface area (Å²) in [7, 11) is 1.47. The Hall–Kier alpha value is -2.64. The molecule has 0 spiro atoms. The lowest BCUT2D eigenvalue weighted by atomic mass is 9.88. The Labute approximate surface area is 230 Å². The van der Waals surface area contributed by atoms with Crippen LogP contribution in [0, 0.1) is 11.8 Å². The number of hydrogen-bond donors (Lipinski definition) is 2. The molecule has 0 fully saturated rings. The molecule has 8 nitrogen and oxygen atoms in total. The average molecular weight is 534 g/mol. The van der Waals surface area contributed by atoms with Gasteiger partial charge in [0.1, 0.15) is 12.6 Å². The molecule has 0 aromatic heterocycles. The number of unbranched alkanes of at least 4 members (excludes halogenated alkanes) is 11. The maximum absolute atomic E-state index is 12.9. The van der Waals surface area contributed by atoms with Crippen molar-refractivity contribution in [2.24, 2.45) is 11.8 Å². The Bertz CT molecular complexity index is 795. The van der Waals surface area contributed by atoms with Gasteiger partial charge in [0, 0.05) is 18.8 Å². The topological polar surface area (TPSA) is 105 Å². The molecular formula is C30H51N3O5. The second-order valence-electron chi connectivity index (χ2n) is 10.7. The summed E-state index contributed by atoms with van der Waals surface area (Å²) in [4.78, 5) is 50.9. The van der Waals surface area contributed by atoms with E-state index in [9.17, 15) is 19.2 Å². The van der Waals surface area contributed by atoms with Crippen LogP contribution < -0.4 is 10.6 Å². The van der Waals surface area contributed by atoms with Crippen LogP contribution in [0.5, 0.6) is 0 Å². The Balaban J connectivity index is 2.58. The van der Waals surface area contributed by atoms with E-state index in [1.165, 1.54) is 88.3 Å². The summed E-state index contributed by atoms with van der Waals surface area (Å²) in [6.07, 6.45) is 18.0. The van der Waals surface area contributed by atoms with Crippen LogP contribution in [-0.2, 0) is 23.9 Å². The number of esters is 1. The molecule has 1 aliphatic rings. The van der Waals surface area contributed by atoms with Gasteiger partial charge in [-0.25, -0.2) is 0 Å². The normalized spacial score (nSPS) is 21.7. The van der Waals surface area contributed by atoms with Crippen LogP contribution in [0.2, 0.25) is 0 Å². The number of carbonyl (C=O) groups excluding carboxylic acids is 4. The number of allylic oxidation sites excluding steroid dienone is 1. The highest BCUT2D eigenvalue weighted by Crippen LogP contribution is 2.24. The molecule has 8 heteroatoms. The van der Waals surface area contributed by atoms with Crippen molar-refractivity contribution in [2.75, 3.05) is 20.1 Å². The summed E-state index contributed by atoms with van der Waals surface area (Å²) in [5.41, 5.74) is 0.251. The van der Waals surface area contributed by atoms with Gasteiger partial charge in [-0.3, -0.25) is 19.2 Å². The molecule has 0 aliphatic carbocycles. The van der Waals surface area contributed by atoms with Gasteiger partial charge in [-0.1, -0.05) is 104 Å². The molecule has 1 heterocycles. The van der Waals surface area contributed by atoms with E-state index in [1.54, 1.807) is 6.92 Å². The van der Waals surface area contributed by atoms with Crippen molar-refractivity contribution in [2.45, 2.75) is 110 Å². The van der Waals surface area contributed by atoms with Crippen molar-refractivity contribution < 1.29 is 23.9 Å². The maximum atomic E-state index is 12.9. The first-order chi connectivity index (χ1) is 18.1. The molecule has 0 saturated carbocycles. The fourth-order valence-electron chi connectivity index (χ4n) is 4.66. The smallest absolute Gasteiger partial charge is 0.325 e. The number of hydrogen-bond acceptors (Lipinski definition) is 5. The van der Waals surface area contributed by atoms with Gasteiger partial charge < -0.3 is 20.3 Å². The molecule has 0 saturated heterocycles. The standard InChI is InChI=1S/C30H51N3O5/c1-6-7-8-9-10-11-12-13-14-15-16-17-18-23(2)29-25(4)30(37)32-24(3)19-20-27(35)33(5)22-26(34)31-21-28(36)38-29/h19-20,23,25,29H,3,6-18,21-22H2,1-2,4-5H3,(H,31,34)(H,32,37)/b20-19+/t23-,25+,29+/m1/s1. The predicted molar refractivity (Wildman–Crippen MR) is 151 cm³/mol. The summed E-state index contributed by atoms with van der Waals surface area (Å²) < 4.78 is 5.72. The molecule has 216 valence electrons. The Morgan fingerprint density at radius 1 is 0.947 bits per heavy atom. The molecule has 0 bridgehead atoms. The maximum Gasteiger partial charge on any atom is 0.325 e. The van der Waals surface area contributed by atoms with Crippen LogP contribution in [0.3, 0.4) is 0 Å². The Kier molecular flexibility index (Phi) is 17.1. The van der Waals surface area contributed by atoms with Crippen molar-refractivity contribution >= 4 is 23.7 Å². The molecule has 0 aromatic rings. The summed E-state index contributed by atoms with van der Waals surface area (Å²) in [5, 5.41) is 5.18. The van der Waals surface area contributed by atoms with Crippen LogP contribution in [0.4, 0.5) is 0 Å². The van der Waals surface area contributed by atoms with Crippen LogP contribution in [0.25, 0.3) is 0 Å². The predicted octanol–water partition coefficient (Wildman–Crippen LogP) is 5.04. The van der Waals surface area contributed by atoms with E-state index in [4.69, 9.17) is 4.74 Å². The van der Waals surface area contributed by atoms with E-state index < -0.39 is 29.8 Å². The fourth-order valence-corrected chi connectivity index (χ4v) is 4.66. The monoisotopic (exact) mass is 533 g/mol. The zero-order chi connectivity index (χ0) is 28.3. The van der Waals surface area contributed by atoms with Gasteiger partial charge in [-0.15, -0.1) is 0 Å². The number of carbonyl (C=O) groups is 4. The summed E-state index contributed by atoms with van der Waals surface area (Å²) in [6, 6.07) is 0. The van der Waals surface area contributed by atoms with E-state index in [1.807, 2.05) is 6.92 Å². The first-order valence-electron chi connectivity index (χ1n) is 14.5. The minimum Gasteiger partial charge on any atom is -0.460 e. The van der Waals surface area contributed by atoms with Gasteiger partial charge in [-0.05, 0) is 18.4 Å². The van der Waals surface area contributed by atoms with E-state index in [-0.39, 0.29) is 30.6 Å². The van der Waals surface area contributed by atoms with Gasteiger partial charge in [0.25, 0.3) is 0 Å². The molecule has 0 radical (unpaired) electrons. The zero-order valence-electron chi connectivity index (χ0n) is 24.2. The van der Waals surface area contributed by atoms with E-state index in [0.717, 1.165) is 19.3 Å². The molecule has 1 rings (SSSR count). The first kappa shape index (κ1) is 33.4. The Morgan fingerprint density at radius 3 is 2.08 bits per heavy atom. The van der Waals surface area contributed by atoms with Crippen molar-refractivity contribution in [1.29, 1.82) is 0 Å². The molecule has 38 heavy (non-hydrogen) atoms. The van der Waals surface area contributed by atoms with Crippen molar-refractivity contribution in [3.05, 3.63) is 24.4 Å². The third-order valence-corrected chi connectivity index (χ3v) is 7.15. The van der Waals surface area contributed by atoms with Crippen LogP contribution in [-0.4, -0.2) is 54.8 Å². The third-order valence-electron chi connectivity index (χ3n) is 7.15. The first-order valence-corrected chi connectivity index (χ1v) is 14.5. The lowest BCUT2D eigenvalue weighted by Crippen LogP contribution is -2.43. The molecule has 2 N–H and O–H groups in total. The summed E-state index contributed by atoms with van der Waals surface area (Å²) >= 11 is 0. The molecule has 3 amide bonds. The van der Waals surface area contributed by atoms with Crippen LogP contribution in [0.15, 0.2) is 24.4 Å². The van der Waals surface area contributed by atoms with Gasteiger partial charge in [0.05, 0.1) is 12.5 Å². The number of nitrogens with zero attached hydrogens (tertiary/aromatic N) is 1. The van der Waals surface area contributed by atoms with Gasteiger partial charge >= 0.3 is 5.97 Å². The van der Waals surface area contributed by atoms with E-state index >= 15 is 0 Å². The SMILES string of the molecule is C=C1/C=C/C(=O)N(C)CC(=O)NCC(=O)O[C@@H]([C@H](C)CCCCCCCCCCCCCC)[C@H](C)C(=O)N1. The molecule has 0 unspecified atom stereocenters. The second-order valence-corrected chi connectivity index (χ2v) is 10.7. The number of nitrogens with one attached hydrogen (secondary N) is 2. The lowest BCUT2D eigenvalue weighted by Gasteiger charge is -2.29. The summed E-state index contributed by atoms with van der Waals surface area (Å²) in [6.45, 7) is 9.22. The molecular weight excluding hydrogens is 482 g/mol. The van der Waals surface area contributed by atoms with Crippen LogP contribution in [0.1, 0.15) is 104 Å². The van der Waals surface area contributed by atoms with Gasteiger partial charge in [0.15, 0.2) is 0 Å². The van der Waals surface area contributed by atoms with Crippen LogP contribution >= 0.6 is 0 Å². The van der Waals surface area contributed by atoms with E-state index in [2.05, 4.69) is 24.1 Å². The van der Waals surface area contributed by atoms with Crippen molar-refractivity contribution in [3.8, 4) is 0 Å². The largest absolute Gasteiger partial charge is 0.460 e. The zero-order valence-corrected chi connectivity index (χ0v) is 24.2. The molecule has 1 aliphatic heterocycles. The average Bonchev–Trinajstić information content (AvgIpc) is 2.88. The van der Waals surface area contributed by atoms with Crippen molar-refractivity contribution in [3.63, 3.8) is 0 Å². The quantitative estimate of drug-likeness (QED) is 0.241. The highest BCUT2D eigenvalue weighted by Gasteiger charge is 2.32. The fraction of sp³-hybridized carbons (Fsp3) is 0.733. The van der Waals surface area contributed by atoms with Crippen molar-refractivity contribution in [1.82, 2.24) is 15.5 Å². The highest BCUT2D eigenvalue weighted by molar-refractivity contribution is 5.92. The summed E-state index contributed by atoms with van der Waals surface area (Å²) in [5.74, 6) is -2.50. The van der Waals surface area contributed by atoms with Gasteiger partial charge in [-0.2, -0.15) is 0 Å². The molecule has 0 aromatic carbocycles. The number of amides is 3. The Morgan fingerprint density at radius 2 is 1.50 bits per heavy atom. The highest BCUT2D eigenvalue weighted by atomic mass is 16.5. The van der Waals surface area contributed by atoms with Gasteiger partial charge in [0.2, 0.25) is 17.7 Å². The second kappa shape index (κ2) is 19.4. The number of rotatable bonds is 14. The number of likely N-dealkylation sites (N-methyl/N-ethyl adjacent to an activating group) is 1. The third kappa shape index (κ3) is 14.3. The minimum atomic E-state index is -0.640.